The highest BCUT2D eigenvalue weighted by Gasteiger charge is 2.37. The predicted octanol–water partition coefficient (Wildman–Crippen LogP) is 6.03. The fourth-order valence-corrected chi connectivity index (χ4v) is 4.47. The molecular weight excluding hydrogens is 476 g/mol. The summed E-state index contributed by atoms with van der Waals surface area (Å²) in [4.78, 5) is 18.2. The Kier molecular flexibility index (Phi) is 6.73. The van der Waals surface area contributed by atoms with Crippen LogP contribution in [0.15, 0.2) is 90.1 Å². The number of nitrogens with one attached hydrogen (secondary N) is 1. The van der Waals surface area contributed by atoms with Gasteiger partial charge in [-0.1, -0.05) is 72.3 Å². The van der Waals surface area contributed by atoms with Crippen LogP contribution in [0.4, 0.5) is 5.95 Å². The molecule has 1 unspecified atom stereocenters. The van der Waals surface area contributed by atoms with Crippen LogP contribution < -0.4 is 10.1 Å². The van der Waals surface area contributed by atoms with E-state index < -0.39 is 12.0 Å². The summed E-state index contributed by atoms with van der Waals surface area (Å²) in [6.45, 7) is 4.40. The van der Waals surface area contributed by atoms with Gasteiger partial charge in [0.1, 0.15) is 18.4 Å². The molecule has 1 aromatic heterocycles. The van der Waals surface area contributed by atoms with Gasteiger partial charge in [-0.3, -0.25) is 0 Å². The number of ether oxygens (including phenoxy) is 2. The first kappa shape index (κ1) is 23.6. The number of allylic oxidation sites excluding steroid dienone is 1. The van der Waals surface area contributed by atoms with Crippen molar-refractivity contribution < 1.29 is 14.3 Å². The number of benzene rings is 3. The first-order valence-corrected chi connectivity index (χ1v) is 12.1. The summed E-state index contributed by atoms with van der Waals surface area (Å²) in [5.74, 6) is 1.17. The SMILES string of the molecule is CCOc1ccccc1C1C(C(=O)OCc2ccccc2)=C(C)Nc2nc(-c3ccccc3Cl)nn21. The van der Waals surface area contributed by atoms with Gasteiger partial charge in [0.05, 0.1) is 17.2 Å². The van der Waals surface area contributed by atoms with E-state index in [1.165, 1.54) is 0 Å². The molecule has 182 valence electrons. The van der Waals surface area contributed by atoms with Crippen molar-refractivity contribution in [2.75, 3.05) is 11.9 Å². The largest absolute Gasteiger partial charge is 0.494 e. The van der Waals surface area contributed by atoms with Crippen molar-refractivity contribution in [3.63, 3.8) is 0 Å². The summed E-state index contributed by atoms with van der Waals surface area (Å²) in [6, 6.07) is 24.0. The Bertz CT molecular complexity index is 1430. The van der Waals surface area contributed by atoms with Gasteiger partial charge in [-0.2, -0.15) is 4.98 Å². The number of carbonyl (C=O) groups excluding carboxylic acids is 1. The minimum absolute atomic E-state index is 0.158. The van der Waals surface area contributed by atoms with E-state index in [0.717, 1.165) is 11.1 Å². The smallest absolute Gasteiger partial charge is 0.338 e. The zero-order chi connectivity index (χ0) is 25.1. The highest BCUT2D eigenvalue weighted by Crippen LogP contribution is 2.40. The molecule has 0 saturated carbocycles. The van der Waals surface area contributed by atoms with Gasteiger partial charge in [0.25, 0.3) is 0 Å². The molecule has 0 aliphatic carbocycles. The van der Waals surface area contributed by atoms with Crippen LogP contribution in [0.25, 0.3) is 11.4 Å². The number of hydrogen-bond acceptors (Lipinski definition) is 6. The average Bonchev–Trinajstić information content (AvgIpc) is 3.31. The lowest BCUT2D eigenvalue weighted by atomic mass is 9.95. The Balaban J connectivity index is 1.59. The molecule has 36 heavy (non-hydrogen) atoms. The Morgan fingerprint density at radius 3 is 2.53 bits per heavy atom. The van der Waals surface area contributed by atoms with Gasteiger partial charge in [0, 0.05) is 16.8 Å². The number of halogens is 1. The molecule has 1 aliphatic rings. The third kappa shape index (κ3) is 4.57. The molecule has 1 aliphatic heterocycles. The van der Waals surface area contributed by atoms with Gasteiger partial charge in [-0.25, -0.2) is 9.48 Å². The van der Waals surface area contributed by atoms with Gasteiger partial charge < -0.3 is 14.8 Å². The first-order valence-electron chi connectivity index (χ1n) is 11.7. The lowest BCUT2D eigenvalue weighted by Gasteiger charge is -2.29. The molecule has 5 rings (SSSR count). The summed E-state index contributed by atoms with van der Waals surface area (Å²) < 4.78 is 13.4. The fraction of sp³-hybridized carbons (Fsp3) is 0.179. The van der Waals surface area contributed by atoms with Crippen molar-refractivity contribution in [3.05, 3.63) is 106 Å². The lowest BCUT2D eigenvalue weighted by Crippen LogP contribution is -2.30. The Hall–Kier alpha value is -4.10. The number of nitrogens with zero attached hydrogens (tertiary/aromatic N) is 3. The summed E-state index contributed by atoms with van der Waals surface area (Å²) in [5, 5.41) is 8.56. The third-order valence-electron chi connectivity index (χ3n) is 5.91. The minimum Gasteiger partial charge on any atom is -0.494 e. The van der Waals surface area contributed by atoms with Crippen molar-refractivity contribution in [1.29, 1.82) is 0 Å². The Morgan fingerprint density at radius 2 is 1.75 bits per heavy atom. The van der Waals surface area contributed by atoms with E-state index in [-0.39, 0.29) is 6.61 Å². The number of anilines is 1. The number of rotatable bonds is 7. The number of para-hydroxylation sites is 1. The zero-order valence-electron chi connectivity index (χ0n) is 19.9. The molecule has 2 heterocycles. The maximum Gasteiger partial charge on any atom is 0.338 e. The van der Waals surface area contributed by atoms with Gasteiger partial charge in [-0.05, 0) is 37.6 Å². The normalized spacial score (nSPS) is 14.7. The monoisotopic (exact) mass is 500 g/mol. The molecule has 0 saturated heterocycles. The lowest BCUT2D eigenvalue weighted by molar-refractivity contribution is -0.140. The van der Waals surface area contributed by atoms with Crippen LogP contribution in [0.2, 0.25) is 5.02 Å². The second kappa shape index (κ2) is 10.3. The fourth-order valence-electron chi connectivity index (χ4n) is 4.25. The van der Waals surface area contributed by atoms with Crippen molar-refractivity contribution in [1.82, 2.24) is 14.8 Å². The highest BCUT2D eigenvalue weighted by atomic mass is 35.5. The van der Waals surface area contributed by atoms with Crippen LogP contribution >= 0.6 is 11.6 Å². The van der Waals surface area contributed by atoms with E-state index in [1.54, 1.807) is 10.7 Å². The van der Waals surface area contributed by atoms with Crippen molar-refractivity contribution in [2.24, 2.45) is 0 Å². The molecule has 1 N–H and O–H groups in total. The molecule has 4 aromatic rings. The topological polar surface area (TPSA) is 78.3 Å². The minimum atomic E-state index is -0.615. The Morgan fingerprint density at radius 1 is 1.03 bits per heavy atom. The van der Waals surface area contributed by atoms with Crippen LogP contribution in [0.3, 0.4) is 0 Å². The molecule has 8 heteroatoms. The molecule has 0 bridgehead atoms. The number of esters is 1. The molecule has 3 aromatic carbocycles. The van der Waals surface area contributed by atoms with E-state index in [0.29, 0.717) is 46.0 Å². The first-order chi connectivity index (χ1) is 17.6. The van der Waals surface area contributed by atoms with Crippen molar-refractivity contribution in [3.8, 4) is 17.1 Å². The number of aromatic nitrogens is 3. The highest BCUT2D eigenvalue weighted by molar-refractivity contribution is 6.33. The molecule has 1 atom stereocenters. The number of fused-ring (bicyclic) bond motifs is 1. The van der Waals surface area contributed by atoms with E-state index in [2.05, 4.69) is 5.32 Å². The molecule has 0 spiro atoms. The number of hydrogen-bond donors (Lipinski definition) is 1. The van der Waals surface area contributed by atoms with Crippen LogP contribution in [0.5, 0.6) is 5.75 Å². The van der Waals surface area contributed by atoms with Crippen LogP contribution in [0, 0.1) is 0 Å². The van der Waals surface area contributed by atoms with E-state index in [4.69, 9.17) is 31.2 Å². The quantitative estimate of drug-likeness (QED) is 0.312. The van der Waals surface area contributed by atoms with Crippen LogP contribution in [0.1, 0.15) is 31.0 Å². The number of carbonyl (C=O) groups is 1. The summed E-state index contributed by atoms with van der Waals surface area (Å²) in [6.07, 6.45) is 0. The zero-order valence-corrected chi connectivity index (χ0v) is 20.7. The summed E-state index contributed by atoms with van der Waals surface area (Å²) >= 11 is 6.44. The maximum absolute atomic E-state index is 13.5. The van der Waals surface area contributed by atoms with Crippen LogP contribution in [-0.4, -0.2) is 27.3 Å². The van der Waals surface area contributed by atoms with Gasteiger partial charge in [0.2, 0.25) is 5.95 Å². The third-order valence-corrected chi connectivity index (χ3v) is 6.24. The van der Waals surface area contributed by atoms with E-state index in [9.17, 15) is 4.79 Å². The molecule has 0 amide bonds. The van der Waals surface area contributed by atoms with Gasteiger partial charge >= 0.3 is 5.97 Å². The molecule has 0 radical (unpaired) electrons. The second-order valence-corrected chi connectivity index (χ2v) is 8.69. The average molecular weight is 501 g/mol. The van der Waals surface area contributed by atoms with Gasteiger partial charge in [0.15, 0.2) is 5.82 Å². The summed E-state index contributed by atoms with van der Waals surface area (Å²) in [5.41, 5.74) is 3.45. The van der Waals surface area contributed by atoms with Crippen molar-refractivity contribution in [2.45, 2.75) is 26.5 Å². The summed E-state index contributed by atoms with van der Waals surface area (Å²) in [7, 11) is 0. The molecule has 0 fully saturated rings. The standard InChI is InChI=1S/C28H25ClN4O3/c1-3-35-23-16-10-8-14-21(23)25-24(27(34)36-17-19-11-5-4-6-12-19)18(2)30-28-31-26(32-33(25)28)20-13-7-9-15-22(20)29/h4-16,25H,3,17H2,1-2H3,(H,30,31,32). The molecule has 7 nitrogen and oxygen atoms in total. The molecular formula is C28H25ClN4O3. The van der Waals surface area contributed by atoms with E-state index in [1.807, 2.05) is 86.6 Å². The maximum atomic E-state index is 13.5. The van der Waals surface area contributed by atoms with Gasteiger partial charge in [-0.15, -0.1) is 5.10 Å². The second-order valence-electron chi connectivity index (χ2n) is 8.28. The van der Waals surface area contributed by atoms with Crippen molar-refractivity contribution >= 4 is 23.5 Å². The van der Waals surface area contributed by atoms with Crippen LogP contribution in [-0.2, 0) is 16.1 Å². The van der Waals surface area contributed by atoms with E-state index >= 15 is 0 Å². The Labute approximate surface area is 214 Å². The predicted molar refractivity (Wildman–Crippen MR) is 139 cm³/mol.